The number of nitrogens with zero attached hydrogens (tertiary/aromatic N) is 1. The summed E-state index contributed by atoms with van der Waals surface area (Å²) >= 11 is 0. The average Bonchev–Trinajstić information content (AvgIpc) is 1.84. The highest BCUT2D eigenvalue weighted by Gasteiger charge is 2.08. The molecule has 0 amide bonds. The number of halogens is 1. The Morgan fingerprint density at radius 2 is 1.75 bits per heavy atom. The van der Waals surface area contributed by atoms with E-state index in [9.17, 15) is 8.42 Å². The molecule has 0 aliphatic heterocycles. The van der Waals surface area contributed by atoms with Crippen LogP contribution in [-0.4, -0.2) is 26.5 Å². The molecule has 0 fully saturated rings. The lowest BCUT2D eigenvalue weighted by molar-refractivity contribution is 0.300. The summed E-state index contributed by atoms with van der Waals surface area (Å²) in [5.74, 6) is 0. The van der Waals surface area contributed by atoms with Crippen molar-refractivity contribution in [1.82, 2.24) is 9.84 Å². The first-order valence-corrected chi connectivity index (χ1v) is 5.49. The van der Waals surface area contributed by atoms with Gasteiger partial charge in [0.05, 0.1) is 0 Å². The zero-order valence-electron chi connectivity index (χ0n) is 6.53. The van der Waals surface area contributed by atoms with Gasteiger partial charge in [-0.2, -0.15) is 8.42 Å². The van der Waals surface area contributed by atoms with Crippen molar-refractivity contribution in [2.45, 2.75) is 0 Å². The molecule has 0 radical (unpaired) electrons. The second-order valence-electron chi connectivity index (χ2n) is 2.01. The minimum atomic E-state index is -3.72. The zero-order valence-corrected chi connectivity index (χ0v) is 8.11. The third-order valence-electron chi connectivity index (χ3n) is 0.937. The van der Waals surface area contributed by atoms with Gasteiger partial charge in [-0.25, -0.2) is 5.01 Å². The Kier molecular flexibility index (Phi) is 5.16. The summed E-state index contributed by atoms with van der Waals surface area (Å²) in [6.07, 6.45) is 3.11. The van der Waals surface area contributed by atoms with Gasteiger partial charge < -0.3 is 0 Å². The van der Waals surface area contributed by atoms with Gasteiger partial charge in [-0.05, 0) is 0 Å². The van der Waals surface area contributed by atoms with Crippen LogP contribution in [0.4, 0.5) is 0 Å². The molecule has 12 heavy (non-hydrogen) atoms. The van der Waals surface area contributed by atoms with Crippen LogP contribution >= 0.6 is 10.7 Å². The molecule has 0 aromatic rings. The van der Waals surface area contributed by atoms with Crippen molar-refractivity contribution in [2.24, 2.45) is 0 Å². The first-order valence-electron chi connectivity index (χ1n) is 3.18. The molecule has 1 N–H and O–H groups in total. The molecule has 70 valence electrons. The van der Waals surface area contributed by atoms with Crippen molar-refractivity contribution in [3.63, 3.8) is 0 Å². The molecule has 0 heterocycles. The van der Waals surface area contributed by atoms with Gasteiger partial charge in [0.15, 0.2) is 0 Å². The second-order valence-corrected chi connectivity index (χ2v) is 4.29. The van der Waals surface area contributed by atoms with Crippen molar-refractivity contribution in [2.75, 3.05) is 13.1 Å². The highest BCUT2D eigenvalue weighted by atomic mass is 35.7. The van der Waals surface area contributed by atoms with E-state index in [0.29, 0.717) is 13.1 Å². The fourth-order valence-corrected chi connectivity index (χ4v) is 1.37. The maximum absolute atomic E-state index is 10.5. The Morgan fingerprint density at radius 1 is 1.33 bits per heavy atom. The predicted octanol–water partition coefficient (Wildman–Crippen LogP) is 0.649. The minimum absolute atomic E-state index is 0.373. The van der Waals surface area contributed by atoms with E-state index in [-0.39, 0.29) is 0 Å². The van der Waals surface area contributed by atoms with Crippen molar-refractivity contribution in [3.05, 3.63) is 25.3 Å². The van der Waals surface area contributed by atoms with Gasteiger partial charge in [0.1, 0.15) is 0 Å². The first-order chi connectivity index (χ1) is 5.49. The smallest absolute Gasteiger partial charge is 0.222 e. The minimum Gasteiger partial charge on any atom is -0.222 e. The molecule has 0 saturated heterocycles. The SMILES string of the molecule is C=CCN(CC=C)NS(=O)(=O)Cl. The summed E-state index contributed by atoms with van der Waals surface area (Å²) in [5.41, 5.74) is 0. The summed E-state index contributed by atoms with van der Waals surface area (Å²) in [4.78, 5) is 2.09. The van der Waals surface area contributed by atoms with Crippen LogP contribution in [0.3, 0.4) is 0 Å². The molecule has 0 aromatic carbocycles. The van der Waals surface area contributed by atoms with E-state index in [1.165, 1.54) is 5.01 Å². The van der Waals surface area contributed by atoms with E-state index in [1.807, 2.05) is 0 Å². The predicted molar refractivity (Wildman–Crippen MR) is 49.9 cm³/mol. The first kappa shape index (κ1) is 11.6. The summed E-state index contributed by atoms with van der Waals surface area (Å²) in [6.45, 7) is 7.66. The zero-order chi connectivity index (χ0) is 9.61. The van der Waals surface area contributed by atoms with Gasteiger partial charge >= 0.3 is 9.24 Å². The summed E-state index contributed by atoms with van der Waals surface area (Å²) in [6, 6.07) is 0. The van der Waals surface area contributed by atoms with E-state index < -0.39 is 9.24 Å². The standard InChI is InChI=1S/C6H11ClN2O2S/c1-3-5-9(6-4-2)8-12(7,10)11/h3-4,8H,1-2,5-6H2. The highest BCUT2D eigenvalue weighted by molar-refractivity contribution is 8.12. The monoisotopic (exact) mass is 210 g/mol. The molecule has 0 atom stereocenters. The van der Waals surface area contributed by atoms with E-state index in [2.05, 4.69) is 18.0 Å². The van der Waals surface area contributed by atoms with Crippen molar-refractivity contribution < 1.29 is 8.42 Å². The van der Waals surface area contributed by atoms with Gasteiger partial charge in [-0.3, -0.25) is 0 Å². The van der Waals surface area contributed by atoms with Gasteiger partial charge in [0.2, 0.25) is 0 Å². The molecular formula is C6H11ClN2O2S. The van der Waals surface area contributed by atoms with Crippen LogP contribution in [0.25, 0.3) is 0 Å². The van der Waals surface area contributed by atoms with Gasteiger partial charge in [0, 0.05) is 23.8 Å². The molecule has 4 nitrogen and oxygen atoms in total. The van der Waals surface area contributed by atoms with Crippen LogP contribution in [0, 0.1) is 0 Å². The van der Waals surface area contributed by atoms with Crippen molar-refractivity contribution in [3.8, 4) is 0 Å². The number of rotatable bonds is 6. The lowest BCUT2D eigenvalue weighted by Crippen LogP contribution is -2.40. The molecule has 0 saturated carbocycles. The second kappa shape index (κ2) is 5.31. The summed E-state index contributed by atoms with van der Waals surface area (Å²) in [7, 11) is 1.24. The largest absolute Gasteiger partial charge is 0.310 e. The quantitative estimate of drug-likeness (QED) is 0.398. The Morgan fingerprint density at radius 3 is 2.00 bits per heavy atom. The number of hydrogen-bond donors (Lipinski definition) is 1. The third-order valence-corrected chi connectivity index (χ3v) is 1.62. The molecule has 0 rings (SSSR count). The lowest BCUT2D eigenvalue weighted by atomic mass is 10.5. The van der Waals surface area contributed by atoms with Crippen LogP contribution in [0.2, 0.25) is 0 Å². The van der Waals surface area contributed by atoms with Crippen LogP contribution in [0.1, 0.15) is 0 Å². The average molecular weight is 211 g/mol. The third kappa shape index (κ3) is 6.36. The van der Waals surface area contributed by atoms with Gasteiger partial charge in [-0.15, -0.1) is 18.0 Å². The van der Waals surface area contributed by atoms with Crippen LogP contribution < -0.4 is 4.83 Å². The van der Waals surface area contributed by atoms with Crippen LogP contribution in [0.5, 0.6) is 0 Å². The molecule has 0 bridgehead atoms. The van der Waals surface area contributed by atoms with Crippen LogP contribution in [0.15, 0.2) is 25.3 Å². The molecular weight excluding hydrogens is 200 g/mol. The molecule has 6 heteroatoms. The summed E-state index contributed by atoms with van der Waals surface area (Å²) < 4.78 is 21.1. The fraction of sp³-hybridized carbons (Fsp3) is 0.333. The molecule has 0 aliphatic rings. The Balaban J connectivity index is 4.12. The van der Waals surface area contributed by atoms with E-state index in [0.717, 1.165) is 0 Å². The highest BCUT2D eigenvalue weighted by Crippen LogP contribution is 1.93. The van der Waals surface area contributed by atoms with Crippen LogP contribution in [-0.2, 0) is 9.24 Å². The number of hydrogen-bond acceptors (Lipinski definition) is 3. The molecule has 0 spiro atoms. The van der Waals surface area contributed by atoms with E-state index >= 15 is 0 Å². The van der Waals surface area contributed by atoms with E-state index in [4.69, 9.17) is 10.7 Å². The molecule has 0 aliphatic carbocycles. The van der Waals surface area contributed by atoms with Gasteiger partial charge in [-0.1, -0.05) is 12.2 Å². The maximum Gasteiger partial charge on any atom is 0.310 e. The van der Waals surface area contributed by atoms with Crippen molar-refractivity contribution in [1.29, 1.82) is 0 Å². The summed E-state index contributed by atoms with van der Waals surface area (Å²) in [5, 5.41) is 1.36. The Bertz CT molecular complexity index is 240. The number of hydrazine groups is 1. The van der Waals surface area contributed by atoms with E-state index in [1.54, 1.807) is 12.2 Å². The number of nitrogens with one attached hydrogen (secondary N) is 1. The fourth-order valence-electron chi connectivity index (χ4n) is 0.615. The Labute approximate surface area is 77.0 Å². The van der Waals surface area contributed by atoms with Gasteiger partial charge in [0.25, 0.3) is 0 Å². The topological polar surface area (TPSA) is 49.4 Å². The molecule has 0 aromatic heterocycles. The normalized spacial score (nSPS) is 11.5. The Hall–Kier alpha value is -0.360. The molecule has 0 unspecified atom stereocenters. The van der Waals surface area contributed by atoms with Crippen molar-refractivity contribution >= 4 is 19.9 Å². The maximum atomic E-state index is 10.5. The lowest BCUT2D eigenvalue weighted by Gasteiger charge is -2.16.